The van der Waals surface area contributed by atoms with Crippen LogP contribution in [0.25, 0.3) is 16.8 Å². The Balaban J connectivity index is 1.41. The molecule has 1 aliphatic rings. The second-order valence-corrected chi connectivity index (χ2v) is 8.76. The molecule has 2 N–H and O–H groups in total. The molecule has 1 fully saturated rings. The van der Waals surface area contributed by atoms with E-state index in [0.717, 1.165) is 40.9 Å². The Morgan fingerprint density at radius 1 is 1.23 bits per heavy atom. The second-order valence-electron chi connectivity index (χ2n) is 8.76. The minimum absolute atomic E-state index is 0.286. The summed E-state index contributed by atoms with van der Waals surface area (Å²) in [6.45, 7) is 3.87. The molecule has 156 valence electrons. The van der Waals surface area contributed by atoms with E-state index < -0.39 is 5.60 Å². The highest BCUT2D eigenvalue weighted by atomic mass is 16.3. The van der Waals surface area contributed by atoms with Gasteiger partial charge >= 0.3 is 0 Å². The van der Waals surface area contributed by atoms with Crippen molar-refractivity contribution in [2.75, 3.05) is 5.32 Å². The summed E-state index contributed by atoms with van der Waals surface area (Å²) in [5, 5.41) is 31.3. The molecule has 4 aromatic rings. The van der Waals surface area contributed by atoms with Crippen molar-refractivity contribution < 1.29 is 5.11 Å². The van der Waals surface area contributed by atoms with Crippen LogP contribution in [-0.4, -0.2) is 35.1 Å². The van der Waals surface area contributed by atoms with Crippen molar-refractivity contribution in [3.8, 4) is 17.2 Å². The van der Waals surface area contributed by atoms with Crippen molar-refractivity contribution in [1.29, 1.82) is 5.26 Å². The van der Waals surface area contributed by atoms with E-state index in [1.165, 1.54) is 0 Å². The zero-order chi connectivity index (χ0) is 21.6. The van der Waals surface area contributed by atoms with Gasteiger partial charge in [-0.3, -0.25) is 4.68 Å². The molecule has 3 aromatic heterocycles. The Bertz CT molecular complexity index is 1280. The summed E-state index contributed by atoms with van der Waals surface area (Å²) in [5.74, 6) is 0.466. The van der Waals surface area contributed by atoms with Gasteiger partial charge in [0, 0.05) is 18.0 Å². The fourth-order valence-electron chi connectivity index (χ4n) is 3.78. The van der Waals surface area contributed by atoms with Gasteiger partial charge in [-0.2, -0.15) is 15.3 Å². The zero-order valence-corrected chi connectivity index (χ0v) is 17.4. The van der Waals surface area contributed by atoms with E-state index in [2.05, 4.69) is 26.6 Å². The van der Waals surface area contributed by atoms with E-state index in [1.54, 1.807) is 29.2 Å². The van der Waals surface area contributed by atoms with Crippen LogP contribution in [0.1, 0.15) is 32.3 Å². The van der Waals surface area contributed by atoms with Crippen LogP contribution in [-0.2, 0) is 12.0 Å². The normalized spacial score (nSPS) is 15.0. The molecule has 31 heavy (non-hydrogen) atoms. The standard InChI is InChI=1S/C23H23N7O/c1-22(2,31)15-29-13-18(12-25-29)26-21-27-20-19(4-3-11-30(20)28-21)16-5-7-17(8-6-16)23(14-24)9-10-23/h3-8,11-13,31H,9-10,15H2,1-2H3,(H,26,28). The first-order chi connectivity index (χ1) is 14.9. The number of nitrogens with zero attached hydrogens (tertiary/aromatic N) is 6. The molecule has 3 heterocycles. The van der Waals surface area contributed by atoms with Gasteiger partial charge in [-0.25, -0.2) is 4.52 Å². The molecule has 5 rings (SSSR count). The van der Waals surface area contributed by atoms with Gasteiger partial charge in [-0.15, -0.1) is 5.10 Å². The van der Waals surface area contributed by atoms with E-state index in [1.807, 2.05) is 48.8 Å². The Hall–Kier alpha value is -3.70. The summed E-state index contributed by atoms with van der Waals surface area (Å²) in [4.78, 5) is 4.67. The third-order valence-electron chi connectivity index (χ3n) is 5.51. The molecule has 0 aliphatic heterocycles. The molecule has 0 amide bonds. The van der Waals surface area contributed by atoms with E-state index >= 15 is 0 Å². The van der Waals surface area contributed by atoms with E-state index in [-0.39, 0.29) is 5.41 Å². The van der Waals surface area contributed by atoms with Crippen molar-refractivity contribution in [3.05, 3.63) is 60.6 Å². The van der Waals surface area contributed by atoms with Crippen LogP contribution in [0, 0.1) is 11.3 Å². The number of anilines is 2. The van der Waals surface area contributed by atoms with Crippen LogP contribution >= 0.6 is 0 Å². The summed E-state index contributed by atoms with van der Waals surface area (Å²) >= 11 is 0. The lowest BCUT2D eigenvalue weighted by Gasteiger charge is -2.16. The molecule has 8 heteroatoms. The van der Waals surface area contributed by atoms with Crippen molar-refractivity contribution in [2.45, 2.75) is 44.2 Å². The summed E-state index contributed by atoms with van der Waals surface area (Å²) in [6.07, 6.45) is 7.22. The highest BCUT2D eigenvalue weighted by Gasteiger charge is 2.44. The van der Waals surface area contributed by atoms with E-state index in [0.29, 0.717) is 12.5 Å². The maximum Gasteiger partial charge on any atom is 0.247 e. The fourth-order valence-corrected chi connectivity index (χ4v) is 3.78. The number of hydrogen-bond donors (Lipinski definition) is 2. The number of benzene rings is 1. The Morgan fingerprint density at radius 2 is 2.00 bits per heavy atom. The predicted octanol–water partition coefficient (Wildman–Crippen LogP) is 3.66. The molecule has 0 radical (unpaired) electrons. The van der Waals surface area contributed by atoms with Gasteiger partial charge in [0.1, 0.15) is 0 Å². The van der Waals surface area contributed by atoms with E-state index in [9.17, 15) is 10.4 Å². The van der Waals surface area contributed by atoms with Crippen molar-refractivity contribution in [3.63, 3.8) is 0 Å². The lowest BCUT2D eigenvalue weighted by Crippen LogP contribution is -2.26. The molecule has 0 bridgehead atoms. The Kier molecular flexibility index (Phi) is 4.31. The van der Waals surface area contributed by atoms with Gasteiger partial charge < -0.3 is 10.4 Å². The molecule has 0 unspecified atom stereocenters. The molecule has 1 aliphatic carbocycles. The summed E-state index contributed by atoms with van der Waals surface area (Å²) < 4.78 is 3.42. The van der Waals surface area contributed by atoms with Gasteiger partial charge in [0.05, 0.1) is 35.5 Å². The third-order valence-corrected chi connectivity index (χ3v) is 5.51. The molecular weight excluding hydrogens is 390 g/mol. The minimum Gasteiger partial charge on any atom is -0.389 e. The molecule has 1 saturated carbocycles. The molecule has 1 aromatic carbocycles. The van der Waals surface area contributed by atoms with Crippen molar-refractivity contribution >= 4 is 17.3 Å². The van der Waals surface area contributed by atoms with Gasteiger partial charge in [0.15, 0.2) is 5.65 Å². The predicted molar refractivity (Wildman–Crippen MR) is 117 cm³/mol. The number of aliphatic hydroxyl groups is 1. The first kappa shape index (κ1) is 19.3. The van der Waals surface area contributed by atoms with Crippen LogP contribution in [0.15, 0.2) is 55.0 Å². The van der Waals surface area contributed by atoms with Crippen LogP contribution in [0.2, 0.25) is 0 Å². The molecule has 0 spiro atoms. The quantitative estimate of drug-likeness (QED) is 0.500. The Morgan fingerprint density at radius 3 is 2.68 bits per heavy atom. The highest BCUT2D eigenvalue weighted by molar-refractivity contribution is 5.78. The topological polar surface area (TPSA) is 104 Å². The summed E-state index contributed by atoms with van der Waals surface area (Å²) in [6, 6.07) is 14.6. The first-order valence-electron chi connectivity index (χ1n) is 10.2. The largest absolute Gasteiger partial charge is 0.389 e. The van der Waals surface area contributed by atoms with Crippen molar-refractivity contribution in [1.82, 2.24) is 24.4 Å². The summed E-state index contributed by atoms with van der Waals surface area (Å²) in [7, 11) is 0. The average molecular weight is 413 g/mol. The summed E-state index contributed by atoms with van der Waals surface area (Å²) in [5.41, 5.74) is 3.43. The Labute approximate surface area is 179 Å². The molecule has 8 nitrogen and oxygen atoms in total. The van der Waals surface area contributed by atoms with E-state index in [4.69, 9.17) is 0 Å². The van der Waals surface area contributed by atoms with Gasteiger partial charge in [0.25, 0.3) is 0 Å². The molecular formula is C23H23N7O. The van der Waals surface area contributed by atoms with Crippen LogP contribution in [0.4, 0.5) is 11.6 Å². The van der Waals surface area contributed by atoms with Gasteiger partial charge in [0.2, 0.25) is 5.95 Å². The number of pyridine rings is 1. The minimum atomic E-state index is -0.846. The van der Waals surface area contributed by atoms with Crippen molar-refractivity contribution in [2.24, 2.45) is 0 Å². The maximum absolute atomic E-state index is 9.96. The lowest BCUT2D eigenvalue weighted by molar-refractivity contribution is 0.0578. The smallest absolute Gasteiger partial charge is 0.247 e. The molecule has 0 atom stereocenters. The number of nitrogens with one attached hydrogen (secondary N) is 1. The van der Waals surface area contributed by atoms with Gasteiger partial charge in [-0.1, -0.05) is 24.3 Å². The maximum atomic E-state index is 9.96. The number of nitriles is 1. The van der Waals surface area contributed by atoms with Gasteiger partial charge in [-0.05, 0) is 49.9 Å². The molecule has 0 saturated heterocycles. The highest BCUT2D eigenvalue weighted by Crippen LogP contribution is 2.47. The van der Waals surface area contributed by atoms with Crippen LogP contribution < -0.4 is 5.32 Å². The SMILES string of the molecule is CC(C)(O)Cn1cc(Nc2nc3c(-c4ccc(C5(C#N)CC5)cc4)cccn3n2)cn1. The third kappa shape index (κ3) is 3.76. The number of fused-ring (bicyclic) bond motifs is 1. The number of rotatable bonds is 6. The zero-order valence-electron chi connectivity index (χ0n) is 17.4. The first-order valence-corrected chi connectivity index (χ1v) is 10.2. The second kappa shape index (κ2) is 6.93. The monoisotopic (exact) mass is 413 g/mol. The lowest BCUT2D eigenvalue weighted by atomic mass is 9.95. The number of hydrogen-bond acceptors (Lipinski definition) is 6. The fraction of sp³-hybridized carbons (Fsp3) is 0.304. The van der Waals surface area contributed by atoms with Crippen LogP contribution in [0.3, 0.4) is 0 Å². The van der Waals surface area contributed by atoms with Crippen LogP contribution in [0.5, 0.6) is 0 Å². The average Bonchev–Trinajstić information content (AvgIpc) is 3.25. The number of aromatic nitrogens is 5.